The van der Waals surface area contributed by atoms with Crippen molar-refractivity contribution in [1.29, 1.82) is 0 Å². The molecule has 31 heavy (non-hydrogen) atoms. The van der Waals surface area contributed by atoms with Gasteiger partial charge in [0.25, 0.3) is 5.91 Å². The zero-order valence-corrected chi connectivity index (χ0v) is 18.1. The minimum absolute atomic E-state index is 0.0304. The van der Waals surface area contributed by atoms with Gasteiger partial charge in [-0.25, -0.2) is 13.6 Å². The summed E-state index contributed by atoms with van der Waals surface area (Å²) >= 11 is 0. The average molecular weight is 441 g/mol. The van der Waals surface area contributed by atoms with Gasteiger partial charge in [-0.15, -0.1) is 0 Å². The number of hydrogen-bond acceptors (Lipinski definition) is 5. The smallest absolute Gasteiger partial charge is 0.255 e. The Hall–Kier alpha value is -3.20. The van der Waals surface area contributed by atoms with Crippen molar-refractivity contribution in [2.24, 2.45) is 5.14 Å². The number of sulfonamides is 1. The minimum Gasteiger partial charge on any atom is -0.495 e. The summed E-state index contributed by atoms with van der Waals surface area (Å²) < 4.78 is 28.3. The van der Waals surface area contributed by atoms with Crippen LogP contribution in [0.1, 0.15) is 28.4 Å². The molecule has 0 heterocycles. The maximum absolute atomic E-state index is 12.8. The van der Waals surface area contributed by atoms with Gasteiger partial charge in [-0.1, -0.05) is 37.3 Å². The average Bonchev–Trinajstić information content (AvgIpc) is 2.77. The third-order valence-electron chi connectivity index (χ3n) is 4.95. The van der Waals surface area contributed by atoms with Gasteiger partial charge in [0.15, 0.2) is 0 Å². The number of nitrogens with two attached hydrogens (primary N) is 1. The van der Waals surface area contributed by atoms with Crippen molar-refractivity contribution in [3.63, 3.8) is 0 Å². The van der Waals surface area contributed by atoms with E-state index in [9.17, 15) is 18.3 Å². The molecule has 4 N–H and O–H groups in total. The van der Waals surface area contributed by atoms with Crippen molar-refractivity contribution < 1.29 is 23.1 Å². The van der Waals surface area contributed by atoms with Gasteiger partial charge in [0.05, 0.1) is 13.7 Å². The second kappa shape index (κ2) is 9.30. The molecule has 1 amide bonds. The maximum atomic E-state index is 12.8. The van der Waals surface area contributed by atoms with Crippen molar-refractivity contribution in [3.05, 3.63) is 77.4 Å². The number of aliphatic hydroxyl groups is 1. The van der Waals surface area contributed by atoms with Crippen LogP contribution in [-0.2, 0) is 23.1 Å². The van der Waals surface area contributed by atoms with Crippen LogP contribution in [-0.4, -0.2) is 26.5 Å². The number of carbonyl (C=O) groups is 1. The lowest BCUT2D eigenvalue weighted by Crippen LogP contribution is -2.15. The molecule has 0 saturated heterocycles. The van der Waals surface area contributed by atoms with E-state index in [-0.39, 0.29) is 17.3 Å². The molecule has 3 rings (SSSR count). The highest BCUT2D eigenvalue weighted by Crippen LogP contribution is 2.30. The zero-order valence-electron chi connectivity index (χ0n) is 17.3. The topological polar surface area (TPSA) is 119 Å². The minimum atomic E-state index is -3.95. The van der Waals surface area contributed by atoms with Gasteiger partial charge in [-0.2, -0.15) is 0 Å². The Balaban J connectivity index is 1.91. The Labute approximate surface area is 181 Å². The summed E-state index contributed by atoms with van der Waals surface area (Å²) in [5.41, 5.74) is 4.38. The first-order valence-electron chi connectivity index (χ1n) is 9.62. The Kier molecular flexibility index (Phi) is 6.74. The molecule has 0 aliphatic heterocycles. The van der Waals surface area contributed by atoms with Crippen LogP contribution >= 0.6 is 0 Å². The summed E-state index contributed by atoms with van der Waals surface area (Å²) in [4.78, 5) is 12.6. The maximum Gasteiger partial charge on any atom is 0.255 e. The number of carbonyl (C=O) groups excluding carboxylic acids is 1. The fraction of sp³-hybridized carbons (Fsp3) is 0.174. The molecular formula is C23H24N2O5S. The molecular weight excluding hydrogens is 416 g/mol. The van der Waals surface area contributed by atoms with Crippen LogP contribution in [0, 0.1) is 0 Å². The third kappa shape index (κ3) is 4.93. The lowest BCUT2D eigenvalue weighted by atomic mass is 9.93. The number of nitrogens with one attached hydrogen (secondary N) is 1. The predicted octanol–water partition coefficient (Wildman–Crippen LogP) is 3.32. The molecule has 0 radical (unpaired) electrons. The number of benzene rings is 3. The molecule has 0 bridgehead atoms. The molecule has 0 aliphatic carbocycles. The zero-order chi connectivity index (χ0) is 22.6. The van der Waals surface area contributed by atoms with Gasteiger partial charge < -0.3 is 15.2 Å². The Morgan fingerprint density at radius 3 is 2.39 bits per heavy atom. The molecule has 162 valence electrons. The molecule has 0 aromatic heterocycles. The summed E-state index contributed by atoms with van der Waals surface area (Å²) in [6.45, 7) is 1.85. The molecule has 0 spiro atoms. The van der Waals surface area contributed by atoms with E-state index >= 15 is 0 Å². The second-order valence-electron chi connectivity index (χ2n) is 6.91. The number of amides is 1. The quantitative estimate of drug-likeness (QED) is 0.521. The highest BCUT2D eigenvalue weighted by Gasteiger charge is 2.17. The van der Waals surface area contributed by atoms with E-state index in [4.69, 9.17) is 9.88 Å². The van der Waals surface area contributed by atoms with E-state index in [0.29, 0.717) is 16.8 Å². The molecule has 0 saturated carbocycles. The lowest BCUT2D eigenvalue weighted by molar-refractivity contribution is 0.102. The fourth-order valence-corrected chi connectivity index (χ4v) is 4.08. The van der Waals surface area contributed by atoms with E-state index < -0.39 is 15.9 Å². The Morgan fingerprint density at radius 2 is 1.74 bits per heavy atom. The number of aryl methyl sites for hydroxylation is 1. The Morgan fingerprint density at radius 1 is 1.03 bits per heavy atom. The second-order valence-corrected chi connectivity index (χ2v) is 8.44. The van der Waals surface area contributed by atoms with Crippen molar-refractivity contribution in [1.82, 2.24) is 0 Å². The number of aliphatic hydroxyl groups excluding tert-OH is 1. The van der Waals surface area contributed by atoms with Crippen LogP contribution in [0.2, 0.25) is 0 Å². The van der Waals surface area contributed by atoms with Crippen LogP contribution in [0.4, 0.5) is 5.69 Å². The summed E-state index contributed by atoms with van der Waals surface area (Å²) in [7, 11) is -2.64. The molecule has 0 atom stereocenters. The van der Waals surface area contributed by atoms with Gasteiger partial charge in [0.1, 0.15) is 10.6 Å². The van der Waals surface area contributed by atoms with Crippen LogP contribution in [0.25, 0.3) is 11.1 Å². The summed E-state index contributed by atoms with van der Waals surface area (Å²) in [5, 5.41) is 17.8. The van der Waals surface area contributed by atoms with Crippen LogP contribution in [0.5, 0.6) is 5.75 Å². The van der Waals surface area contributed by atoms with Gasteiger partial charge in [0, 0.05) is 17.3 Å². The number of methoxy groups -OCH3 is 1. The van der Waals surface area contributed by atoms with E-state index in [1.54, 1.807) is 12.1 Å². The molecule has 0 unspecified atom stereocenters. The standard InChI is InChI=1S/C23H24N2O5S/c1-3-15-6-4-5-7-19(15)20-10-8-16(12-17(20)14-26)23(27)25-18-9-11-22(31(24,28)29)21(13-18)30-2/h4-13,26H,3,14H2,1-2H3,(H,25,27)(H2,24,28,29). The van der Waals surface area contributed by atoms with Crippen molar-refractivity contribution in [3.8, 4) is 16.9 Å². The van der Waals surface area contributed by atoms with E-state index in [2.05, 4.69) is 12.2 Å². The summed E-state index contributed by atoms with van der Waals surface area (Å²) in [5.74, 6) is -0.377. The normalized spacial score (nSPS) is 11.2. The van der Waals surface area contributed by atoms with Gasteiger partial charge in [0.2, 0.25) is 10.0 Å². The summed E-state index contributed by atoms with van der Waals surface area (Å²) in [6, 6.07) is 17.2. The fourth-order valence-electron chi connectivity index (χ4n) is 3.40. The largest absolute Gasteiger partial charge is 0.495 e. The lowest BCUT2D eigenvalue weighted by Gasteiger charge is -2.14. The third-order valence-corrected chi connectivity index (χ3v) is 5.90. The summed E-state index contributed by atoms with van der Waals surface area (Å²) in [6.07, 6.45) is 0.847. The van der Waals surface area contributed by atoms with Crippen molar-refractivity contribution in [2.45, 2.75) is 24.8 Å². The molecule has 3 aromatic rings. The van der Waals surface area contributed by atoms with Crippen molar-refractivity contribution in [2.75, 3.05) is 12.4 Å². The molecule has 8 heteroatoms. The number of rotatable bonds is 7. The predicted molar refractivity (Wildman–Crippen MR) is 119 cm³/mol. The van der Waals surface area contributed by atoms with Crippen LogP contribution < -0.4 is 15.2 Å². The molecule has 7 nitrogen and oxygen atoms in total. The molecule has 0 aliphatic rings. The van der Waals surface area contributed by atoms with E-state index in [0.717, 1.165) is 23.1 Å². The van der Waals surface area contributed by atoms with Gasteiger partial charge in [-0.05, 0) is 52.9 Å². The van der Waals surface area contributed by atoms with Crippen LogP contribution in [0.15, 0.2) is 65.6 Å². The first kappa shape index (κ1) is 22.5. The number of anilines is 1. The van der Waals surface area contributed by atoms with Crippen LogP contribution in [0.3, 0.4) is 0 Å². The first-order valence-corrected chi connectivity index (χ1v) is 11.2. The van der Waals surface area contributed by atoms with Crippen molar-refractivity contribution >= 4 is 21.6 Å². The van der Waals surface area contributed by atoms with E-state index in [1.807, 2.05) is 30.3 Å². The monoisotopic (exact) mass is 440 g/mol. The van der Waals surface area contributed by atoms with Gasteiger partial charge in [-0.3, -0.25) is 4.79 Å². The highest BCUT2D eigenvalue weighted by atomic mass is 32.2. The Bertz CT molecular complexity index is 1220. The highest BCUT2D eigenvalue weighted by molar-refractivity contribution is 7.89. The van der Waals surface area contributed by atoms with E-state index in [1.165, 1.54) is 25.3 Å². The first-order chi connectivity index (χ1) is 14.8. The van der Waals surface area contributed by atoms with Gasteiger partial charge >= 0.3 is 0 Å². The molecule has 3 aromatic carbocycles. The SMILES string of the molecule is CCc1ccccc1-c1ccc(C(=O)Nc2ccc(S(N)(=O)=O)c(OC)c2)cc1CO. The molecule has 0 fully saturated rings. The number of ether oxygens (including phenoxy) is 1. The number of primary sulfonamides is 1. The number of hydrogen-bond donors (Lipinski definition) is 3.